The summed E-state index contributed by atoms with van der Waals surface area (Å²) in [6.45, 7) is 2.27. The van der Waals surface area contributed by atoms with E-state index in [4.69, 9.17) is 10.5 Å². The van der Waals surface area contributed by atoms with E-state index >= 15 is 19.2 Å². The average molecular weight is 1420 g/mol. The number of fused-ring (bicyclic) bond motifs is 5. The van der Waals surface area contributed by atoms with E-state index in [9.17, 15) is 52.6 Å². The van der Waals surface area contributed by atoms with Crippen LogP contribution in [0, 0.1) is 11.6 Å². The number of methoxy groups -OCH3 is 1. The smallest absolute Gasteiger partial charge is 0.305 e. The molecule has 2 bridgehead atoms. The fourth-order valence-electron chi connectivity index (χ4n) is 11.9. The van der Waals surface area contributed by atoms with E-state index in [0.29, 0.717) is 51.2 Å². The van der Waals surface area contributed by atoms with Crippen molar-refractivity contribution in [2.75, 3.05) is 31.7 Å². The molecule has 9 rings (SSSR count). The molecule has 3 aromatic heterocycles. The third kappa shape index (κ3) is 19.5. The lowest BCUT2D eigenvalue weighted by Gasteiger charge is -2.37. The van der Waals surface area contributed by atoms with Crippen molar-refractivity contribution >= 4 is 110 Å². The second kappa shape index (κ2) is 33.9. The van der Waals surface area contributed by atoms with E-state index in [0.717, 1.165) is 17.2 Å². The zero-order chi connectivity index (χ0) is 71.8. The van der Waals surface area contributed by atoms with Crippen LogP contribution in [0.2, 0.25) is 0 Å². The van der Waals surface area contributed by atoms with Crippen molar-refractivity contribution in [3.8, 4) is 5.75 Å². The van der Waals surface area contributed by atoms with Gasteiger partial charge in [0.05, 0.1) is 25.4 Å². The van der Waals surface area contributed by atoms with Crippen molar-refractivity contribution in [3.05, 3.63) is 155 Å². The Kier molecular flexibility index (Phi) is 25.1. The predicted molar refractivity (Wildman–Crippen MR) is 365 cm³/mol. The molecule has 10 amide bonds. The molecule has 0 saturated carbocycles. The molecule has 15 N–H and O–H groups in total. The quantitative estimate of drug-likeness (QED) is 0.0786. The highest BCUT2D eigenvalue weighted by Crippen LogP contribution is 2.32. The Morgan fingerprint density at radius 2 is 1.27 bits per heavy atom. The maximum absolute atomic E-state index is 15.2. The molecule has 0 spiro atoms. The number of nitrogens with zero attached hydrogens (tertiary/aromatic N) is 2. The first kappa shape index (κ1) is 73.9. The number of aliphatic carboxylic acids is 1. The van der Waals surface area contributed by atoms with Crippen molar-refractivity contribution in [3.63, 3.8) is 0 Å². The number of H-pyrrole nitrogens is 3. The molecule has 2 aliphatic rings. The van der Waals surface area contributed by atoms with Crippen LogP contribution in [0.1, 0.15) is 73.0 Å². The number of phenols is 1. The molecular formula is C68H78F2N14O14S2. The number of hydrogen-bond donors (Lipinski definition) is 14. The number of hydrogen-bond acceptors (Lipinski definition) is 16. The summed E-state index contributed by atoms with van der Waals surface area (Å²) in [5.74, 6) is -11.0. The first-order valence-electron chi connectivity index (χ1n) is 32.1. The number of primary amides is 1. The lowest BCUT2D eigenvalue weighted by molar-refractivity contribution is -0.147. The number of thioether (sulfide) groups is 2. The Morgan fingerprint density at radius 3 is 1.86 bits per heavy atom. The molecule has 0 aliphatic carbocycles. The van der Waals surface area contributed by atoms with Gasteiger partial charge in [-0.05, 0) is 103 Å². The number of ether oxygens (including phenoxy) is 1. The van der Waals surface area contributed by atoms with Crippen LogP contribution < -0.4 is 48.3 Å². The van der Waals surface area contributed by atoms with Crippen LogP contribution in [0.3, 0.4) is 0 Å². The molecule has 1 saturated heterocycles. The summed E-state index contributed by atoms with van der Waals surface area (Å²) in [5, 5.41) is 41.9. The van der Waals surface area contributed by atoms with Gasteiger partial charge in [0, 0.05) is 115 Å². The summed E-state index contributed by atoms with van der Waals surface area (Å²) in [6, 6.07) is 9.65. The lowest BCUT2D eigenvalue weighted by Crippen LogP contribution is -2.63. The van der Waals surface area contributed by atoms with E-state index in [2.05, 4.69) is 62.5 Å². The summed E-state index contributed by atoms with van der Waals surface area (Å²) in [4.78, 5) is 171. The van der Waals surface area contributed by atoms with E-state index in [1.165, 1.54) is 129 Å². The van der Waals surface area contributed by atoms with Crippen molar-refractivity contribution < 1.29 is 76.5 Å². The Morgan fingerprint density at radius 1 is 0.690 bits per heavy atom. The SMILES string of the molecule is CO[C@@H](C)[C@@H]1NC(=O)CCSCc2cccc(c2)CSC[C@@H](C(N)=O)NC(=O)[C@]2(C)CCCN2C(=O)[C@H](Cc2ccc(O)cc2)NC(=O)[C@H](Cc2cnc[nH]2)NC(=O)[C@H](CC(=O)O)NC(=O)[C@H](Cc2c[nH]c3ccc(F)cc23)NC(=O)[C@H](Cc2c[nH]c3ccc(F)cc23)NC(=O)CNC1=O. The Bertz CT molecular complexity index is 4160. The Labute approximate surface area is 580 Å². The molecule has 32 heteroatoms. The zero-order valence-corrected chi connectivity index (χ0v) is 56.4. The van der Waals surface area contributed by atoms with Gasteiger partial charge in [-0.3, -0.25) is 52.7 Å². The van der Waals surface area contributed by atoms with Gasteiger partial charge in [-0.2, -0.15) is 23.5 Å². The van der Waals surface area contributed by atoms with Gasteiger partial charge in [0.1, 0.15) is 65.2 Å². The van der Waals surface area contributed by atoms with Gasteiger partial charge in [-0.1, -0.05) is 36.4 Å². The number of benzene rings is 4. The van der Waals surface area contributed by atoms with Crippen LogP contribution >= 0.6 is 23.5 Å². The van der Waals surface area contributed by atoms with Crippen LogP contribution in [0.5, 0.6) is 5.75 Å². The minimum absolute atomic E-state index is 0.0132. The third-order valence-corrected chi connectivity index (χ3v) is 19.5. The number of rotatable bonds is 13. The van der Waals surface area contributed by atoms with Crippen LogP contribution in [-0.4, -0.2) is 186 Å². The molecule has 7 aromatic rings. The summed E-state index contributed by atoms with van der Waals surface area (Å²) in [7, 11) is 1.32. The first-order valence-corrected chi connectivity index (χ1v) is 34.4. The molecule has 100 heavy (non-hydrogen) atoms. The number of halogens is 2. The van der Waals surface area contributed by atoms with Crippen molar-refractivity contribution in [2.24, 2.45) is 5.73 Å². The summed E-state index contributed by atoms with van der Waals surface area (Å²) in [5.41, 5.74) is 8.13. The maximum Gasteiger partial charge on any atom is 0.305 e. The zero-order valence-electron chi connectivity index (χ0n) is 54.7. The second-order valence-electron chi connectivity index (χ2n) is 24.7. The van der Waals surface area contributed by atoms with Crippen LogP contribution in [0.25, 0.3) is 21.8 Å². The van der Waals surface area contributed by atoms with Gasteiger partial charge in [-0.25, -0.2) is 13.8 Å². The van der Waals surface area contributed by atoms with E-state index in [-0.39, 0.29) is 60.4 Å². The molecule has 5 heterocycles. The van der Waals surface area contributed by atoms with E-state index < -0.39 is 156 Å². The number of carboxylic acids is 1. The third-order valence-electron chi connectivity index (χ3n) is 17.4. The normalized spacial score (nSPS) is 23.1. The summed E-state index contributed by atoms with van der Waals surface area (Å²) >= 11 is 2.76. The first-order chi connectivity index (χ1) is 47.8. The molecule has 9 atom stereocenters. The number of aromatic nitrogens is 4. The predicted octanol–water partition coefficient (Wildman–Crippen LogP) is 2.08. The highest BCUT2D eigenvalue weighted by Gasteiger charge is 2.49. The number of aromatic hydroxyl groups is 1. The topological polar surface area (TPSA) is 423 Å². The number of carboxylic acid groups (broad SMARTS) is 1. The number of nitrogens with two attached hydrogens (primary N) is 1. The maximum atomic E-state index is 15.2. The summed E-state index contributed by atoms with van der Waals surface area (Å²) in [6.07, 6.45) is 2.34. The number of phenolic OH excluding ortho intramolecular Hbond substituents is 1. The van der Waals surface area contributed by atoms with Gasteiger partial charge in [-0.15, -0.1) is 0 Å². The highest BCUT2D eigenvalue weighted by atomic mass is 32.2. The highest BCUT2D eigenvalue weighted by molar-refractivity contribution is 7.98. The van der Waals surface area contributed by atoms with E-state index in [1.807, 2.05) is 24.3 Å². The van der Waals surface area contributed by atoms with Crippen LogP contribution in [0.15, 0.2) is 110 Å². The van der Waals surface area contributed by atoms with E-state index in [1.54, 1.807) is 0 Å². The number of aromatic amines is 3. The molecule has 1 fully saturated rings. The minimum Gasteiger partial charge on any atom is -0.508 e. The minimum atomic E-state index is -2.05. The average Bonchev–Trinajstić information content (AvgIpc) is 1.58. The van der Waals surface area contributed by atoms with Gasteiger partial charge in [0.2, 0.25) is 59.1 Å². The fourth-order valence-corrected chi connectivity index (χ4v) is 13.8. The number of carbonyl (C=O) groups is 11. The standard InChI is InChI=1S/C68H78F2N14O14S2/c1-36(98-3)59-65(95)75-31-57(87)77-50(22-40-28-73-48-14-10-42(69)24-46(40)48)61(91)78-51(23-41-29-74-49-15-11-43(70)25-47(41)49)62(92)80-53(27-58(88)89)64(94)79-52(26-44-30-72-35-76-44)63(93)81-54(21-37-8-12-45(85)13-9-37)66(96)84-18-5-17-68(84,2)67(97)82-55(60(71)90)34-100-33-39-7-4-6-38(20-39)32-99-19-16-56(86)83-59/h4,6-15,20,24-25,28-30,35-36,50-55,59,73-74,85H,5,16-19,21-23,26-27,31-34H2,1-3H3,(H2,71,90)(H,72,76)(H,75,95)(H,77,87)(H,78,91)(H,79,94)(H,80,92)(H,81,93)(H,82,97)(H,83,86)(H,88,89)/t36-,50-,51-,52-,53-,54-,55-,59-,68-/m0/s1. The van der Waals surface area contributed by atoms with Crippen LogP contribution in [-0.2, 0) is 94.7 Å². The Balaban J connectivity index is 1.06. The number of carbonyl (C=O) groups excluding carboxylic acids is 10. The largest absolute Gasteiger partial charge is 0.508 e. The molecule has 28 nitrogen and oxygen atoms in total. The van der Waals surface area contributed by atoms with Crippen molar-refractivity contribution in [2.45, 2.75) is 131 Å². The number of nitrogens with one attached hydrogen (secondary N) is 11. The molecule has 530 valence electrons. The van der Waals surface area contributed by atoms with Crippen molar-refractivity contribution in [1.29, 1.82) is 0 Å². The van der Waals surface area contributed by atoms with Crippen molar-refractivity contribution in [1.82, 2.24) is 67.4 Å². The number of amides is 10. The summed E-state index contributed by atoms with van der Waals surface area (Å²) < 4.78 is 35.2. The molecule has 2 aliphatic heterocycles. The van der Waals surface area contributed by atoms with Gasteiger partial charge in [0.15, 0.2) is 0 Å². The molecule has 0 unspecified atom stereocenters. The van der Waals surface area contributed by atoms with Gasteiger partial charge < -0.3 is 83.1 Å². The van der Waals surface area contributed by atoms with Gasteiger partial charge >= 0.3 is 5.97 Å². The van der Waals surface area contributed by atoms with Crippen LogP contribution in [0.4, 0.5) is 8.78 Å². The lowest BCUT2D eigenvalue weighted by atomic mass is 9.95. The molecule has 4 aromatic carbocycles. The molecule has 0 radical (unpaired) electrons. The van der Waals surface area contributed by atoms with Gasteiger partial charge in [0.25, 0.3) is 0 Å². The fraction of sp³-hybridized carbons (Fsp3) is 0.382. The second-order valence-corrected chi connectivity index (χ2v) is 26.8. The number of imidazole rings is 1. The Hall–Kier alpha value is -10.3. The molecular weight excluding hydrogens is 1340 g/mol. The monoisotopic (exact) mass is 1420 g/mol.